The standard InChI is InChI=1S/C27H46O/c1-2-3-4-5-6-7-8-9-22-10-12-23(13-11-22)14-15-24-16-17-26-21-27(28)19-18-25(26)20-24/h22-24H,2-21H2,1H3. The molecule has 160 valence electrons. The zero-order chi connectivity index (χ0) is 19.6. The van der Waals surface area contributed by atoms with E-state index in [1.165, 1.54) is 109 Å². The van der Waals surface area contributed by atoms with Crippen LogP contribution in [0.4, 0.5) is 0 Å². The van der Waals surface area contributed by atoms with Crippen molar-refractivity contribution in [3.63, 3.8) is 0 Å². The lowest BCUT2D eigenvalue weighted by Gasteiger charge is -2.32. The minimum atomic E-state index is 0.491. The van der Waals surface area contributed by atoms with E-state index in [1.54, 1.807) is 11.1 Å². The van der Waals surface area contributed by atoms with Crippen molar-refractivity contribution in [2.24, 2.45) is 17.8 Å². The molecule has 0 saturated heterocycles. The first-order valence-electron chi connectivity index (χ1n) is 13.0. The molecule has 0 spiro atoms. The Hall–Kier alpha value is -0.590. The molecule has 0 heterocycles. The van der Waals surface area contributed by atoms with Gasteiger partial charge in [0.2, 0.25) is 0 Å². The van der Waals surface area contributed by atoms with Crippen molar-refractivity contribution in [3.05, 3.63) is 11.1 Å². The van der Waals surface area contributed by atoms with Crippen molar-refractivity contribution in [2.45, 2.75) is 135 Å². The Bertz CT molecular complexity index is 494. The summed E-state index contributed by atoms with van der Waals surface area (Å²) in [7, 11) is 0. The number of unbranched alkanes of at least 4 members (excludes halogenated alkanes) is 6. The average Bonchev–Trinajstić information content (AvgIpc) is 2.72. The van der Waals surface area contributed by atoms with Gasteiger partial charge in [0.15, 0.2) is 0 Å². The van der Waals surface area contributed by atoms with Crippen molar-refractivity contribution < 1.29 is 4.79 Å². The van der Waals surface area contributed by atoms with Crippen molar-refractivity contribution >= 4 is 5.78 Å². The van der Waals surface area contributed by atoms with Gasteiger partial charge >= 0.3 is 0 Å². The Labute approximate surface area is 175 Å². The first-order chi connectivity index (χ1) is 13.7. The number of allylic oxidation sites excluding steroid dienone is 2. The number of rotatable bonds is 11. The van der Waals surface area contributed by atoms with Gasteiger partial charge in [-0.05, 0) is 49.9 Å². The van der Waals surface area contributed by atoms with Crippen LogP contribution in [-0.2, 0) is 4.79 Å². The third-order valence-corrected chi connectivity index (χ3v) is 8.17. The van der Waals surface area contributed by atoms with Gasteiger partial charge in [0, 0.05) is 12.8 Å². The average molecular weight is 387 g/mol. The molecule has 0 aromatic rings. The Morgan fingerprint density at radius 1 is 0.643 bits per heavy atom. The molecule has 1 unspecified atom stereocenters. The third kappa shape index (κ3) is 7.34. The van der Waals surface area contributed by atoms with E-state index in [1.807, 2.05) is 0 Å². The maximum Gasteiger partial charge on any atom is 0.137 e. The summed E-state index contributed by atoms with van der Waals surface area (Å²) in [6.45, 7) is 2.30. The zero-order valence-corrected chi connectivity index (χ0v) is 18.8. The SMILES string of the molecule is CCCCCCCCCC1CCC(CCC2CCC3=C(CCC(=O)C3)C2)CC1. The second-order valence-corrected chi connectivity index (χ2v) is 10.4. The van der Waals surface area contributed by atoms with Crippen molar-refractivity contribution in [1.82, 2.24) is 0 Å². The quantitative estimate of drug-likeness (QED) is 0.257. The number of carbonyl (C=O) groups excluding carboxylic acids is 1. The molecule has 3 aliphatic rings. The maximum atomic E-state index is 11.7. The first-order valence-corrected chi connectivity index (χ1v) is 13.0. The lowest BCUT2D eigenvalue weighted by molar-refractivity contribution is -0.118. The first kappa shape index (κ1) is 22.1. The van der Waals surface area contributed by atoms with Crippen LogP contribution in [0.15, 0.2) is 11.1 Å². The van der Waals surface area contributed by atoms with Crippen LogP contribution in [0.2, 0.25) is 0 Å². The monoisotopic (exact) mass is 386 g/mol. The van der Waals surface area contributed by atoms with Crippen molar-refractivity contribution in [1.29, 1.82) is 0 Å². The zero-order valence-electron chi connectivity index (χ0n) is 18.8. The molecule has 0 aromatic carbocycles. The molecule has 1 heteroatoms. The Morgan fingerprint density at radius 2 is 1.29 bits per heavy atom. The van der Waals surface area contributed by atoms with E-state index in [9.17, 15) is 4.79 Å². The summed E-state index contributed by atoms with van der Waals surface area (Å²) in [6.07, 6.45) is 27.3. The molecule has 1 fully saturated rings. The van der Waals surface area contributed by atoms with Crippen LogP contribution in [0.1, 0.15) is 135 Å². The van der Waals surface area contributed by atoms with Crippen LogP contribution in [0, 0.1) is 17.8 Å². The van der Waals surface area contributed by atoms with Gasteiger partial charge in [0.05, 0.1) is 0 Å². The van der Waals surface area contributed by atoms with Gasteiger partial charge in [0.25, 0.3) is 0 Å². The summed E-state index contributed by atoms with van der Waals surface area (Å²) in [6, 6.07) is 0. The normalized spacial score (nSPS) is 28.5. The number of Topliss-reactive ketones (excluding diaryl/α,β-unsaturated/α-hetero) is 1. The van der Waals surface area contributed by atoms with Crippen LogP contribution < -0.4 is 0 Å². The number of ketones is 1. The van der Waals surface area contributed by atoms with Crippen LogP contribution in [-0.4, -0.2) is 5.78 Å². The van der Waals surface area contributed by atoms with E-state index >= 15 is 0 Å². The second-order valence-electron chi connectivity index (χ2n) is 10.4. The van der Waals surface area contributed by atoms with E-state index in [0.717, 1.165) is 37.0 Å². The summed E-state index contributed by atoms with van der Waals surface area (Å²) in [5, 5.41) is 0. The van der Waals surface area contributed by atoms with Gasteiger partial charge in [-0.15, -0.1) is 0 Å². The number of hydrogen-bond acceptors (Lipinski definition) is 1. The maximum absolute atomic E-state index is 11.7. The highest BCUT2D eigenvalue weighted by atomic mass is 16.1. The van der Waals surface area contributed by atoms with Gasteiger partial charge in [-0.2, -0.15) is 0 Å². The summed E-state index contributed by atoms with van der Waals surface area (Å²) >= 11 is 0. The van der Waals surface area contributed by atoms with Gasteiger partial charge in [-0.1, -0.05) is 102 Å². The minimum Gasteiger partial charge on any atom is -0.299 e. The summed E-state index contributed by atoms with van der Waals surface area (Å²) in [5.74, 6) is 3.49. The second kappa shape index (κ2) is 12.2. The molecule has 1 atom stereocenters. The molecular weight excluding hydrogens is 340 g/mol. The Morgan fingerprint density at radius 3 is 2.04 bits per heavy atom. The van der Waals surface area contributed by atoms with Gasteiger partial charge in [-0.3, -0.25) is 4.79 Å². The van der Waals surface area contributed by atoms with Gasteiger partial charge in [-0.25, -0.2) is 0 Å². The summed E-state index contributed by atoms with van der Waals surface area (Å²) in [4.78, 5) is 11.7. The molecule has 0 aromatic heterocycles. The number of hydrogen-bond donors (Lipinski definition) is 0. The van der Waals surface area contributed by atoms with E-state index in [-0.39, 0.29) is 0 Å². The lowest BCUT2D eigenvalue weighted by atomic mass is 9.73. The summed E-state index contributed by atoms with van der Waals surface area (Å²) in [5.41, 5.74) is 3.23. The molecule has 3 rings (SSSR count). The van der Waals surface area contributed by atoms with Crippen molar-refractivity contribution in [3.8, 4) is 0 Å². The van der Waals surface area contributed by atoms with Crippen LogP contribution >= 0.6 is 0 Å². The van der Waals surface area contributed by atoms with Crippen molar-refractivity contribution in [2.75, 3.05) is 0 Å². The molecule has 3 aliphatic carbocycles. The van der Waals surface area contributed by atoms with Crippen LogP contribution in [0.3, 0.4) is 0 Å². The smallest absolute Gasteiger partial charge is 0.137 e. The predicted octanol–water partition coefficient (Wildman–Crippen LogP) is 8.56. The molecule has 0 aliphatic heterocycles. The minimum absolute atomic E-state index is 0.491. The fourth-order valence-electron chi connectivity index (χ4n) is 6.18. The Kier molecular flexibility index (Phi) is 9.62. The molecule has 1 saturated carbocycles. The third-order valence-electron chi connectivity index (χ3n) is 8.17. The number of carbonyl (C=O) groups is 1. The largest absolute Gasteiger partial charge is 0.299 e. The fraction of sp³-hybridized carbons (Fsp3) is 0.889. The van der Waals surface area contributed by atoms with E-state index < -0.39 is 0 Å². The molecule has 0 N–H and O–H groups in total. The van der Waals surface area contributed by atoms with Crippen LogP contribution in [0.25, 0.3) is 0 Å². The highest BCUT2D eigenvalue weighted by Gasteiger charge is 2.27. The molecule has 0 radical (unpaired) electrons. The van der Waals surface area contributed by atoms with Gasteiger partial charge in [0.1, 0.15) is 5.78 Å². The van der Waals surface area contributed by atoms with E-state index in [2.05, 4.69) is 6.92 Å². The van der Waals surface area contributed by atoms with E-state index in [0.29, 0.717) is 5.78 Å². The topological polar surface area (TPSA) is 17.1 Å². The highest BCUT2D eigenvalue weighted by molar-refractivity contribution is 5.82. The molecular formula is C27H46O. The molecule has 28 heavy (non-hydrogen) atoms. The highest BCUT2D eigenvalue weighted by Crippen LogP contribution is 2.41. The molecule has 1 nitrogen and oxygen atoms in total. The summed E-state index contributed by atoms with van der Waals surface area (Å²) < 4.78 is 0. The van der Waals surface area contributed by atoms with E-state index in [4.69, 9.17) is 0 Å². The molecule has 0 amide bonds. The van der Waals surface area contributed by atoms with Crippen LogP contribution in [0.5, 0.6) is 0 Å². The fourth-order valence-corrected chi connectivity index (χ4v) is 6.18. The predicted molar refractivity (Wildman–Crippen MR) is 121 cm³/mol. The Balaban J connectivity index is 1.23. The van der Waals surface area contributed by atoms with Gasteiger partial charge < -0.3 is 0 Å². The molecule has 0 bridgehead atoms. The lowest BCUT2D eigenvalue weighted by Crippen LogP contribution is -2.19.